The third-order valence-corrected chi connectivity index (χ3v) is 3.50. The number of halogens is 1. The molecule has 0 spiro atoms. The summed E-state index contributed by atoms with van der Waals surface area (Å²) < 4.78 is 0. The summed E-state index contributed by atoms with van der Waals surface area (Å²) in [6.45, 7) is 0.174. The predicted molar refractivity (Wildman–Crippen MR) is 84.8 cm³/mol. The minimum absolute atomic E-state index is 0.0905. The van der Waals surface area contributed by atoms with Crippen LogP contribution in [0.3, 0.4) is 0 Å². The molecule has 2 aromatic carbocycles. The smallest absolute Gasteiger partial charge is 0.316 e. The molecule has 2 N–H and O–H groups in total. The van der Waals surface area contributed by atoms with Crippen molar-refractivity contribution in [2.45, 2.75) is 6.54 Å². The lowest BCUT2D eigenvalue weighted by Gasteiger charge is -2.17. The third-order valence-electron chi connectivity index (χ3n) is 3.13. The van der Waals surface area contributed by atoms with E-state index in [9.17, 15) is 14.7 Å². The van der Waals surface area contributed by atoms with Crippen molar-refractivity contribution in [1.29, 1.82) is 0 Å². The van der Waals surface area contributed by atoms with Crippen LogP contribution in [0, 0.1) is 0 Å². The van der Waals surface area contributed by atoms with Gasteiger partial charge in [0.05, 0.1) is 0 Å². The highest BCUT2D eigenvalue weighted by atomic mass is 35.5. The molecule has 0 saturated carbocycles. The monoisotopic (exact) mass is 318 g/mol. The maximum atomic E-state index is 12.1. The molecule has 0 atom stereocenters. The number of likely N-dealkylation sites (N-methyl/N-ethyl adjacent to an activating group) is 1. The molecule has 0 aromatic heterocycles. The molecule has 6 heteroatoms. The average Bonchev–Trinajstić information content (AvgIpc) is 2.53. The van der Waals surface area contributed by atoms with Gasteiger partial charge in [-0.2, -0.15) is 0 Å². The Kier molecular flexibility index (Phi) is 5.01. The highest BCUT2D eigenvalue weighted by Crippen LogP contribution is 2.17. The number of hydrogen-bond acceptors (Lipinski definition) is 3. The zero-order chi connectivity index (χ0) is 16.1. The first-order valence-corrected chi connectivity index (χ1v) is 6.95. The van der Waals surface area contributed by atoms with E-state index >= 15 is 0 Å². The Hall–Kier alpha value is -2.53. The number of phenols is 1. The lowest BCUT2D eigenvalue weighted by atomic mass is 10.2. The van der Waals surface area contributed by atoms with Crippen molar-refractivity contribution in [2.24, 2.45) is 0 Å². The van der Waals surface area contributed by atoms with Gasteiger partial charge in [-0.3, -0.25) is 9.59 Å². The number of carbonyl (C=O) groups is 2. The van der Waals surface area contributed by atoms with Gasteiger partial charge in [0.15, 0.2) is 0 Å². The molecule has 5 nitrogen and oxygen atoms in total. The van der Waals surface area contributed by atoms with Gasteiger partial charge in [-0.1, -0.05) is 29.8 Å². The van der Waals surface area contributed by atoms with E-state index in [2.05, 4.69) is 5.32 Å². The number of anilines is 1. The number of benzene rings is 2. The molecule has 0 saturated heterocycles. The molecule has 22 heavy (non-hydrogen) atoms. The van der Waals surface area contributed by atoms with E-state index in [4.69, 9.17) is 11.6 Å². The Balaban J connectivity index is 1.98. The Bertz CT molecular complexity index is 686. The van der Waals surface area contributed by atoms with E-state index in [1.807, 2.05) is 0 Å². The first kappa shape index (κ1) is 15.9. The fraction of sp³-hybridized carbons (Fsp3) is 0.125. The number of nitrogens with one attached hydrogen (secondary N) is 1. The number of phenolic OH excluding ortho intramolecular Hbond substituents is 1. The summed E-state index contributed by atoms with van der Waals surface area (Å²) in [5.41, 5.74) is 1.24. The highest BCUT2D eigenvalue weighted by Gasteiger charge is 2.19. The molecular weight excluding hydrogens is 304 g/mol. The second-order valence-corrected chi connectivity index (χ2v) is 5.06. The summed E-state index contributed by atoms with van der Waals surface area (Å²) >= 11 is 5.99. The highest BCUT2D eigenvalue weighted by molar-refractivity contribution is 6.40. The van der Waals surface area contributed by atoms with E-state index < -0.39 is 11.8 Å². The minimum atomic E-state index is -0.726. The molecular formula is C16H15ClN2O3. The zero-order valence-electron chi connectivity index (χ0n) is 11.9. The number of hydrogen-bond donors (Lipinski definition) is 2. The fourth-order valence-corrected chi connectivity index (χ4v) is 2.04. The molecule has 0 heterocycles. The van der Waals surface area contributed by atoms with Crippen LogP contribution >= 0.6 is 11.6 Å². The van der Waals surface area contributed by atoms with Crippen molar-refractivity contribution < 1.29 is 14.7 Å². The Morgan fingerprint density at radius 1 is 1.14 bits per heavy atom. The van der Waals surface area contributed by atoms with E-state index in [0.29, 0.717) is 10.7 Å². The zero-order valence-corrected chi connectivity index (χ0v) is 12.7. The number of rotatable bonds is 3. The molecule has 0 aliphatic heterocycles. The van der Waals surface area contributed by atoms with Gasteiger partial charge in [-0.25, -0.2) is 0 Å². The number of amides is 2. The molecule has 0 aliphatic carbocycles. The van der Waals surface area contributed by atoms with Gasteiger partial charge in [0.1, 0.15) is 5.75 Å². The summed E-state index contributed by atoms with van der Waals surface area (Å²) in [7, 11) is 1.49. The van der Waals surface area contributed by atoms with Crippen molar-refractivity contribution in [2.75, 3.05) is 11.9 Å². The molecule has 0 radical (unpaired) electrons. The van der Waals surface area contributed by atoms with E-state index in [1.165, 1.54) is 24.1 Å². The summed E-state index contributed by atoms with van der Waals surface area (Å²) in [5, 5.41) is 12.3. The number of aromatic hydroxyl groups is 1. The van der Waals surface area contributed by atoms with E-state index in [-0.39, 0.29) is 12.3 Å². The second-order valence-electron chi connectivity index (χ2n) is 4.65. The van der Waals surface area contributed by atoms with Crippen LogP contribution < -0.4 is 10.2 Å². The molecule has 0 fully saturated rings. The van der Waals surface area contributed by atoms with Crippen LogP contribution in [0.4, 0.5) is 5.69 Å². The molecule has 2 amide bonds. The van der Waals surface area contributed by atoms with Crippen LogP contribution in [0.5, 0.6) is 5.75 Å². The first-order chi connectivity index (χ1) is 10.5. The van der Waals surface area contributed by atoms with Gasteiger partial charge < -0.3 is 15.3 Å². The Labute approximate surface area is 133 Å². The van der Waals surface area contributed by atoms with Gasteiger partial charge >= 0.3 is 11.8 Å². The van der Waals surface area contributed by atoms with Crippen LogP contribution in [0.25, 0.3) is 0 Å². The Morgan fingerprint density at radius 2 is 1.77 bits per heavy atom. The van der Waals surface area contributed by atoms with Crippen LogP contribution in [0.1, 0.15) is 5.56 Å². The topological polar surface area (TPSA) is 69.6 Å². The Morgan fingerprint density at radius 3 is 2.41 bits per heavy atom. The van der Waals surface area contributed by atoms with Crippen molar-refractivity contribution in [1.82, 2.24) is 5.32 Å². The van der Waals surface area contributed by atoms with Gasteiger partial charge in [0.2, 0.25) is 0 Å². The summed E-state index contributed by atoms with van der Waals surface area (Å²) in [6.07, 6.45) is 0. The summed E-state index contributed by atoms with van der Waals surface area (Å²) in [6, 6.07) is 13.1. The lowest BCUT2D eigenvalue weighted by molar-refractivity contribution is -0.137. The van der Waals surface area contributed by atoms with Gasteiger partial charge in [0.25, 0.3) is 0 Å². The van der Waals surface area contributed by atoms with Gasteiger partial charge in [-0.05, 0) is 35.9 Å². The molecule has 114 valence electrons. The second kappa shape index (κ2) is 6.95. The quantitative estimate of drug-likeness (QED) is 0.853. The molecule has 2 aromatic rings. The van der Waals surface area contributed by atoms with Crippen LogP contribution in [-0.2, 0) is 16.1 Å². The van der Waals surface area contributed by atoms with Crippen molar-refractivity contribution in [3.05, 3.63) is 59.1 Å². The van der Waals surface area contributed by atoms with E-state index in [1.54, 1.807) is 36.4 Å². The van der Waals surface area contributed by atoms with Crippen LogP contribution in [-0.4, -0.2) is 24.0 Å². The van der Waals surface area contributed by atoms with Crippen LogP contribution in [0.15, 0.2) is 48.5 Å². The summed E-state index contributed by atoms with van der Waals surface area (Å²) in [4.78, 5) is 25.2. The SMILES string of the molecule is CN(C(=O)C(=O)NCc1ccccc1Cl)c1ccc(O)cc1. The fourth-order valence-electron chi connectivity index (χ4n) is 1.84. The molecule has 0 unspecified atom stereocenters. The third kappa shape index (κ3) is 3.77. The number of nitrogens with zero attached hydrogens (tertiary/aromatic N) is 1. The standard InChI is InChI=1S/C16H15ClN2O3/c1-19(12-6-8-13(20)9-7-12)16(22)15(21)18-10-11-4-2-3-5-14(11)17/h2-9,20H,10H2,1H3,(H,18,21). The molecule has 2 rings (SSSR count). The molecule has 0 bridgehead atoms. The lowest BCUT2D eigenvalue weighted by Crippen LogP contribution is -2.40. The van der Waals surface area contributed by atoms with Crippen LogP contribution in [0.2, 0.25) is 5.02 Å². The minimum Gasteiger partial charge on any atom is -0.508 e. The normalized spacial score (nSPS) is 10.1. The maximum absolute atomic E-state index is 12.1. The first-order valence-electron chi connectivity index (χ1n) is 6.57. The van der Waals surface area contributed by atoms with Crippen molar-refractivity contribution in [3.63, 3.8) is 0 Å². The van der Waals surface area contributed by atoms with Crippen molar-refractivity contribution >= 4 is 29.1 Å². The van der Waals surface area contributed by atoms with E-state index in [0.717, 1.165) is 5.56 Å². The largest absolute Gasteiger partial charge is 0.508 e. The predicted octanol–water partition coefficient (Wildman–Crippen LogP) is 2.32. The summed E-state index contributed by atoms with van der Waals surface area (Å²) in [5.74, 6) is -1.33. The molecule has 0 aliphatic rings. The van der Waals surface area contributed by atoms with Gasteiger partial charge in [0, 0.05) is 24.3 Å². The van der Waals surface area contributed by atoms with Crippen molar-refractivity contribution in [3.8, 4) is 5.75 Å². The maximum Gasteiger partial charge on any atom is 0.316 e. The number of carbonyl (C=O) groups excluding carboxylic acids is 2. The van der Waals surface area contributed by atoms with Gasteiger partial charge in [-0.15, -0.1) is 0 Å². The average molecular weight is 319 g/mol.